The second kappa shape index (κ2) is 8.46. The summed E-state index contributed by atoms with van der Waals surface area (Å²) in [5.41, 5.74) is 0. The number of hydrogen-bond acceptors (Lipinski definition) is 2. The fraction of sp³-hybridized carbons (Fsp3) is 1.00. The molecule has 1 unspecified atom stereocenters. The maximum absolute atomic E-state index is 3.73. The molecule has 0 spiro atoms. The van der Waals surface area contributed by atoms with Crippen LogP contribution in [-0.4, -0.2) is 23.6 Å². The molecule has 90 valence electrons. The van der Waals surface area contributed by atoms with Crippen LogP contribution < -0.4 is 5.32 Å². The Morgan fingerprint density at radius 3 is 2.67 bits per heavy atom. The van der Waals surface area contributed by atoms with E-state index in [1.807, 2.05) is 0 Å². The Morgan fingerprint density at radius 2 is 2.00 bits per heavy atom. The molecule has 1 saturated carbocycles. The molecule has 1 aliphatic rings. The monoisotopic (exact) mass is 229 g/mol. The highest BCUT2D eigenvalue weighted by molar-refractivity contribution is 7.99. The van der Waals surface area contributed by atoms with Crippen LogP contribution in [0.2, 0.25) is 0 Å². The number of hydrogen-bond donors (Lipinski definition) is 1. The van der Waals surface area contributed by atoms with Crippen LogP contribution in [0.25, 0.3) is 0 Å². The minimum atomic E-state index is 0.790. The van der Waals surface area contributed by atoms with E-state index in [2.05, 4.69) is 30.9 Å². The third kappa shape index (κ3) is 6.47. The normalized spacial score (nSPS) is 20.4. The van der Waals surface area contributed by atoms with Gasteiger partial charge in [0.1, 0.15) is 0 Å². The van der Waals surface area contributed by atoms with Crippen LogP contribution in [0.1, 0.15) is 58.8 Å². The molecule has 0 bridgehead atoms. The van der Waals surface area contributed by atoms with Crippen LogP contribution in [0.3, 0.4) is 0 Å². The number of thioether (sulfide) groups is 1. The van der Waals surface area contributed by atoms with Gasteiger partial charge in [-0.2, -0.15) is 11.8 Å². The minimum absolute atomic E-state index is 0.790. The predicted octanol–water partition coefficient (Wildman–Crippen LogP) is 3.83. The molecule has 0 radical (unpaired) electrons. The van der Waals surface area contributed by atoms with Gasteiger partial charge in [0.25, 0.3) is 0 Å². The van der Waals surface area contributed by atoms with E-state index in [1.54, 1.807) is 0 Å². The summed E-state index contributed by atoms with van der Waals surface area (Å²) in [4.78, 5) is 0. The Balaban J connectivity index is 1.97. The Morgan fingerprint density at radius 1 is 1.27 bits per heavy atom. The van der Waals surface area contributed by atoms with Gasteiger partial charge in [-0.15, -0.1) is 0 Å². The molecule has 0 aromatic heterocycles. The van der Waals surface area contributed by atoms with E-state index in [0.29, 0.717) is 0 Å². The van der Waals surface area contributed by atoms with E-state index >= 15 is 0 Å². The SMILES string of the molecule is CCCCSC(C)CNC1CCCCC1. The molecule has 0 aliphatic heterocycles. The van der Waals surface area contributed by atoms with Gasteiger partial charge in [-0.1, -0.05) is 39.5 Å². The Hall–Kier alpha value is 0.310. The zero-order valence-electron chi connectivity index (χ0n) is 10.4. The van der Waals surface area contributed by atoms with Gasteiger partial charge in [-0.3, -0.25) is 0 Å². The smallest absolute Gasteiger partial charge is 0.0144 e. The highest BCUT2D eigenvalue weighted by Gasteiger charge is 2.13. The summed E-state index contributed by atoms with van der Waals surface area (Å²) in [7, 11) is 0. The Kier molecular flexibility index (Phi) is 7.54. The molecule has 15 heavy (non-hydrogen) atoms. The summed E-state index contributed by atoms with van der Waals surface area (Å²) in [5.74, 6) is 1.34. The third-order valence-electron chi connectivity index (χ3n) is 3.20. The van der Waals surface area contributed by atoms with Gasteiger partial charge in [0.05, 0.1) is 0 Å². The van der Waals surface area contributed by atoms with E-state index in [4.69, 9.17) is 0 Å². The second-order valence-electron chi connectivity index (χ2n) is 4.78. The zero-order chi connectivity index (χ0) is 10.9. The average Bonchev–Trinajstić information content (AvgIpc) is 2.28. The molecule has 1 rings (SSSR count). The van der Waals surface area contributed by atoms with Gasteiger partial charge in [-0.25, -0.2) is 0 Å². The molecule has 1 fully saturated rings. The van der Waals surface area contributed by atoms with Crippen molar-refractivity contribution in [1.82, 2.24) is 5.32 Å². The van der Waals surface area contributed by atoms with E-state index in [9.17, 15) is 0 Å². The van der Waals surface area contributed by atoms with E-state index in [1.165, 1.54) is 57.2 Å². The second-order valence-corrected chi connectivity index (χ2v) is 6.32. The van der Waals surface area contributed by atoms with E-state index in [0.717, 1.165) is 11.3 Å². The van der Waals surface area contributed by atoms with Gasteiger partial charge in [0, 0.05) is 17.8 Å². The molecule has 1 N–H and O–H groups in total. The highest BCUT2D eigenvalue weighted by Crippen LogP contribution is 2.18. The largest absolute Gasteiger partial charge is 0.313 e. The van der Waals surface area contributed by atoms with Crippen molar-refractivity contribution < 1.29 is 0 Å². The van der Waals surface area contributed by atoms with Crippen molar-refractivity contribution in [3.63, 3.8) is 0 Å². The topological polar surface area (TPSA) is 12.0 Å². The van der Waals surface area contributed by atoms with Crippen LogP contribution in [0.15, 0.2) is 0 Å². The van der Waals surface area contributed by atoms with Crippen LogP contribution >= 0.6 is 11.8 Å². The Labute approximate surface area is 99.8 Å². The maximum Gasteiger partial charge on any atom is 0.0144 e. The molecule has 1 aliphatic carbocycles. The summed E-state index contributed by atoms with van der Waals surface area (Å²) in [6, 6.07) is 0.827. The van der Waals surface area contributed by atoms with Crippen LogP contribution in [0.5, 0.6) is 0 Å². The lowest BCUT2D eigenvalue weighted by atomic mass is 9.95. The molecule has 0 heterocycles. The molecule has 0 amide bonds. The molecule has 0 aromatic carbocycles. The first kappa shape index (κ1) is 13.4. The fourth-order valence-electron chi connectivity index (χ4n) is 2.13. The van der Waals surface area contributed by atoms with E-state index in [-0.39, 0.29) is 0 Å². The lowest BCUT2D eigenvalue weighted by Gasteiger charge is -2.24. The summed E-state index contributed by atoms with van der Waals surface area (Å²) in [6.45, 7) is 5.83. The molecular formula is C13H27NS. The molecular weight excluding hydrogens is 202 g/mol. The van der Waals surface area contributed by atoms with Crippen molar-refractivity contribution in [2.45, 2.75) is 70.1 Å². The first-order valence-corrected chi connectivity index (χ1v) is 7.72. The summed E-state index contributed by atoms with van der Waals surface area (Å²) >= 11 is 2.13. The highest BCUT2D eigenvalue weighted by atomic mass is 32.2. The lowest BCUT2D eigenvalue weighted by molar-refractivity contribution is 0.375. The minimum Gasteiger partial charge on any atom is -0.313 e. The van der Waals surface area contributed by atoms with Crippen molar-refractivity contribution in [2.75, 3.05) is 12.3 Å². The quantitative estimate of drug-likeness (QED) is 0.666. The van der Waals surface area contributed by atoms with Crippen molar-refractivity contribution in [1.29, 1.82) is 0 Å². The number of unbranched alkanes of at least 4 members (excludes halogenated alkanes) is 1. The van der Waals surface area contributed by atoms with Crippen LogP contribution in [-0.2, 0) is 0 Å². The summed E-state index contributed by atoms with van der Waals surface area (Å²) in [6.07, 6.45) is 9.86. The van der Waals surface area contributed by atoms with Gasteiger partial charge < -0.3 is 5.32 Å². The number of nitrogens with one attached hydrogen (secondary N) is 1. The first-order valence-electron chi connectivity index (χ1n) is 6.68. The molecule has 1 atom stereocenters. The average molecular weight is 229 g/mol. The van der Waals surface area contributed by atoms with Crippen molar-refractivity contribution in [3.8, 4) is 0 Å². The molecule has 0 saturated heterocycles. The van der Waals surface area contributed by atoms with Crippen LogP contribution in [0, 0.1) is 0 Å². The molecule has 0 aromatic rings. The summed E-state index contributed by atoms with van der Waals surface area (Å²) < 4.78 is 0. The molecule has 1 nitrogen and oxygen atoms in total. The summed E-state index contributed by atoms with van der Waals surface area (Å²) in [5, 5.41) is 4.52. The van der Waals surface area contributed by atoms with Crippen LogP contribution in [0.4, 0.5) is 0 Å². The van der Waals surface area contributed by atoms with Gasteiger partial charge in [0.15, 0.2) is 0 Å². The maximum atomic E-state index is 3.73. The lowest BCUT2D eigenvalue weighted by Crippen LogP contribution is -2.35. The van der Waals surface area contributed by atoms with Crippen molar-refractivity contribution in [3.05, 3.63) is 0 Å². The Bertz CT molecular complexity index is 143. The zero-order valence-corrected chi connectivity index (χ0v) is 11.2. The standard InChI is InChI=1S/C13H27NS/c1-3-4-10-15-12(2)11-14-13-8-6-5-7-9-13/h12-14H,3-11H2,1-2H3. The van der Waals surface area contributed by atoms with E-state index < -0.39 is 0 Å². The predicted molar refractivity (Wildman–Crippen MR) is 71.7 cm³/mol. The number of rotatable bonds is 7. The first-order chi connectivity index (χ1) is 7.33. The van der Waals surface area contributed by atoms with Crippen molar-refractivity contribution in [2.24, 2.45) is 0 Å². The fourth-order valence-corrected chi connectivity index (χ4v) is 3.20. The van der Waals surface area contributed by atoms with Gasteiger partial charge >= 0.3 is 0 Å². The van der Waals surface area contributed by atoms with Gasteiger partial charge in [-0.05, 0) is 25.0 Å². The van der Waals surface area contributed by atoms with Gasteiger partial charge in [0.2, 0.25) is 0 Å². The van der Waals surface area contributed by atoms with Crippen molar-refractivity contribution >= 4 is 11.8 Å². The molecule has 2 heteroatoms. The third-order valence-corrected chi connectivity index (χ3v) is 4.46.